The number of hydrogen-bond acceptors (Lipinski definition) is 5. The molecule has 0 aromatic carbocycles. The topological polar surface area (TPSA) is 92.8 Å². The summed E-state index contributed by atoms with van der Waals surface area (Å²) < 4.78 is 5.33. The zero-order valence-electron chi connectivity index (χ0n) is 14.1. The highest BCUT2D eigenvalue weighted by molar-refractivity contribution is 6.04. The summed E-state index contributed by atoms with van der Waals surface area (Å²) in [5.74, 6) is 0.685. The minimum absolute atomic E-state index is 0.258. The van der Waals surface area contributed by atoms with Crippen LogP contribution in [0.1, 0.15) is 29.8 Å². The zero-order valence-corrected chi connectivity index (χ0v) is 14.1. The van der Waals surface area contributed by atoms with Crippen molar-refractivity contribution < 1.29 is 9.53 Å². The fourth-order valence-electron chi connectivity index (χ4n) is 2.53. The van der Waals surface area contributed by atoms with Crippen LogP contribution in [-0.2, 0) is 6.42 Å². The van der Waals surface area contributed by atoms with Crippen LogP contribution >= 0.6 is 0 Å². The monoisotopic (exact) mass is 337 g/mol. The van der Waals surface area contributed by atoms with Gasteiger partial charge in [0.25, 0.3) is 5.91 Å². The maximum Gasteiger partial charge on any atom is 0.257 e. The summed E-state index contributed by atoms with van der Waals surface area (Å²) in [5.41, 5.74) is 3.26. The number of nitrogens with one attached hydrogen (secondary N) is 2. The molecule has 0 spiro atoms. The Kier molecular flexibility index (Phi) is 5.03. The van der Waals surface area contributed by atoms with E-state index in [0.29, 0.717) is 23.9 Å². The number of pyridine rings is 2. The molecule has 3 aromatic heterocycles. The molecule has 25 heavy (non-hydrogen) atoms. The lowest BCUT2D eigenvalue weighted by atomic mass is 10.1. The van der Waals surface area contributed by atoms with E-state index >= 15 is 0 Å². The Morgan fingerprint density at radius 3 is 2.72 bits per heavy atom. The van der Waals surface area contributed by atoms with Crippen LogP contribution in [0.2, 0.25) is 0 Å². The van der Waals surface area contributed by atoms with Crippen molar-refractivity contribution in [1.82, 2.24) is 20.2 Å². The Morgan fingerprint density at radius 1 is 1.20 bits per heavy atom. The molecular weight excluding hydrogens is 318 g/mol. The van der Waals surface area contributed by atoms with Gasteiger partial charge in [-0.1, -0.05) is 6.92 Å². The van der Waals surface area contributed by atoms with E-state index in [4.69, 9.17) is 4.74 Å². The van der Waals surface area contributed by atoms with Gasteiger partial charge >= 0.3 is 0 Å². The SMILES string of the molecule is CCOc1cc(C(=O)Nc2n[nH]c(-c3ccncc3)c2CC)ccn1. The lowest BCUT2D eigenvalue weighted by Gasteiger charge is -2.07. The van der Waals surface area contributed by atoms with Crippen LogP contribution < -0.4 is 10.1 Å². The van der Waals surface area contributed by atoms with Gasteiger partial charge in [-0.25, -0.2) is 4.98 Å². The Balaban J connectivity index is 1.85. The molecule has 0 aliphatic rings. The van der Waals surface area contributed by atoms with Gasteiger partial charge in [-0.05, 0) is 31.5 Å². The van der Waals surface area contributed by atoms with Crippen LogP contribution in [0.25, 0.3) is 11.3 Å². The van der Waals surface area contributed by atoms with Crippen molar-refractivity contribution in [3.8, 4) is 17.1 Å². The predicted octanol–water partition coefficient (Wildman–Crippen LogP) is 3.08. The first kappa shape index (κ1) is 16.6. The van der Waals surface area contributed by atoms with Crippen LogP contribution in [0.4, 0.5) is 5.82 Å². The minimum atomic E-state index is -0.258. The Bertz CT molecular complexity index is 861. The van der Waals surface area contributed by atoms with Gasteiger partial charge in [0.2, 0.25) is 5.88 Å². The van der Waals surface area contributed by atoms with Crippen LogP contribution in [0.5, 0.6) is 5.88 Å². The van der Waals surface area contributed by atoms with E-state index in [9.17, 15) is 4.79 Å². The van der Waals surface area contributed by atoms with E-state index in [2.05, 4.69) is 25.5 Å². The fourth-order valence-corrected chi connectivity index (χ4v) is 2.53. The third-order valence-electron chi connectivity index (χ3n) is 3.71. The maximum absolute atomic E-state index is 12.5. The molecule has 3 rings (SSSR count). The Hall–Kier alpha value is -3.22. The highest BCUT2D eigenvalue weighted by Gasteiger charge is 2.16. The molecule has 0 atom stereocenters. The number of ether oxygens (including phenoxy) is 1. The highest BCUT2D eigenvalue weighted by Crippen LogP contribution is 2.27. The first-order valence-electron chi connectivity index (χ1n) is 8.10. The number of amides is 1. The molecule has 0 unspecified atom stereocenters. The molecule has 128 valence electrons. The third kappa shape index (κ3) is 3.65. The maximum atomic E-state index is 12.5. The average molecular weight is 337 g/mol. The largest absolute Gasteiger partial charge is 0.478 e. The summed E-state index contributed by atoms with van der Waals surface area (Å²) in [5, 5.41) is 10.1. The van der Waals surface area contributed by atoms with E-state index in [1.54, 1.807) is 30.7 Å². The predicted molar refractivity (Wildman–Crippen MR) is 94.6 cm³/mol. The second-order valence-electron chi connectivity index (χ2n) is 5.29. The smallest absolute Gasteiger partial charge is 0.257 e. The molecule has 1 amide bonds. The minimum Gasteiger partial charge on any atom is -0.478 e. The fraction of sp³-hybridized carbons (Fsp3) is 0.222. The molecule has 0 aliphatic carbocycles. The molecule has 0 saturated carbocycles. The van der Waals surface area contributed by atoms with Crippen molar-refractivity contribution in [2.45, 2.75) is 20.3 Å². The zero-order chi connectivity index (χ0) is 17.6. The van der Waals surface area contributed by atoms with E-state index in [1.807, 2.05) is 26.0 Å². The molecule has 2 N–H and O–H groups in total. The number of carbonyl (C=O) groups excluding carboxylic acids is 1. The number of aromatic amines is 1. The summed E-state index contributed by atoms with van der Waals surface area (Å²) in [6.07, 6.45) is 5.72. The summed E-state index contributed by atoms with van der Waals surface area (Å²) in [6, 6.07) is 7.05. The molecule has 0 radical (unpaired) electrons. The molecule has 7 nitrogen and oxygen atoms in total. The van der Waals surface area contributed by atoms with Crippen molar-refractivity contribution >= 4 is 11.7 Å². The normalized spacial score (nSPS) is 10.5. The van der Waals surface area contributed by atoms with E-state index in [-0.39, 0.29) is 5.91 Å². The number of aromatic nitrogens is 4. The van der Waals surface area contributed by atoms with Gasteiger partial charge in [0.15, 0.2) is 5.82 Å². The summed E-state index contributed by atoms with van der Waals surface area (Å²) in [4.78, 5) is 20.6. The van der Waals surface area contributed by atoms with Crippen molar-refractivity contribution in [2.75, 3.05) is 11.9 Å². The van der Waals surface area contributed by atoms with Crippen LogP contribution in [0.3, 0.4) is 0 Å². The lowest BCUT2D eigenvalue weighted by molar-refractivity contribution is 0.102. The molecule has 0 saturated heterocycles. The van der Waals surface area contributed by atoms with Gasteiger partial charge in [-0.15, -0.1) is 0 Å². The van der Waals surface area contributed by atoms with Crippen molar-refractivity contribution in [3.05, 3.63) is 54.0 Å². The van der Waals surface area contributed by atoms with Gasteiger partial charge in [-0.3, -0.25) is 14.9 Å². The number of H-pyrrole nitrogens is 1. The lowest BCUT2D eigenvalue weighted by Crippen LogP contribution is -2.13. The van der Waals surface area contributed by atoms with Crippen molar-refractivity contribution in [3.63, 3.8) is 0 Å². The number of hydrogen-bond donors (Lipinski definition) is 2. The van der Waals surface area contributed by atoms with Crippen LogP contribution in [0.15, 0.2) is 42.9 Å². The van der Waals surface area contributed by atoms with E-state index in [0.717, 1.165) is 23.2 Å². The molecule has 3 aromatic rings. The van der Waals surface area contributed by atoms with E-state index in [1.165, 1.54) is 0 Å². The number of anilines is 1. The van der Waals surface area contributed by atoms with Gasteiger partial charge in [0.05, 0.1) is 12.3 Å². The van der Waals surface area contributed by atoms with Gasteiger partial charge in [0.1, 0.15) is 0 Å². The first-order chi connectivity index (χ1) is 12.2. The number of nitrogens with zero attached hydrogens (tertiary/aromatic N) is 3. The third-order valence-corrected chi connectivity index (χ3v) is 3.71. The second-order valence-corrected chi connectivity index (χ2v) is 5.29. The second kappa shape index (κ2) is 7.57. The number of rotatable bonds is 6. The molecule has 0 aliphatic heterocycles. The van der Waals surface area contributed by atoms with Gasteiger partial charge < -0.3 is 10.1 Å². The highest BCUT2D eigenvalue weighted by atomic mass is 16.5. The van der Waals surface area contributed by atoms with Crippen molar-refractivity contribution in [1.29, 1.82) is 0 Å². The standard InChI is InChI=1S/C18H19N5O2/c1-3-14-16(12-5-8-19-9-6-12)22-23-17(14)21-18(24)13-7-10-20-15(11-13)25-4-2/h5-11H,3-4H2,1-2H3,(H2,21,22,23,24). The molecule has 0 fully saturated rings. The quantitative estimate of drug-likeness (QED) is 0.721. The van der Waals surface area contributed by atoms with Gasteiger partial charge in [-0.2, -0.15) is 5.10 Å². The average Bonchev–Trinajstić information content (AvgIpc) is 3.05. The van der Waals surface area contributed by atoms with Crippen LogP contribution in [-0.4, -0.2) is 32.7 Å². The van der Waals surface area contributed by atoms with E-state index < -0.39 is 0 Å². The van der Waals surface area contributed by atoms with Crippen LogP contribution in [0, 0.1) is 0 Å². The summed E-state index contributed by atoms with van der Waals surface area (Å²) >= 11 is 0. The number of carbonyl (C=O) groups is 1. The van der Waals surface area contributed by atoms with Gasteiger partial charge in [0, 0.05) is 41.3 Å². The Morgan fingerprint density at radius 2 is 2.00 bits per heavy atom. The molecule has 3 heterocycles. The molecule has 7 heteroatoms. The molecule has 0 bridgehead atoms. The Labute approximate surface area is 145 Å². The summed E-state index contributed by atoms with van der Waals surface area (Å²) in [6.45, 7) is 4.38. The summed E-state index contributed by atoms with van der Waals surface area (Å²) in [7, 11) is 0. The first-order valence-corrected chi connectivity index (χ1v) is 8.10. The van der Waals surface area contributed by atoms with Crippen molar-refractivity contribution in [2.24, 2.45) is 0 Å². The molecular formula is C18H19N5O2.